The molecule has 0 saturated heterocycles. The Morgan fingerprint density at radius 3 is 2.69 bits per heavy atom. The molecule has 1 aliphatic rings. The quantitative estimate of drug-likeness (QED) is 0.611. The first-order valence-electron chi connectivity index (χ1n) is 8.21. The van der Waals surface area contributed by atoms with E-state index in [9.17, 15) is 18.3 Å². The van der Waals surface area contributed by atoms with Gasteiger partial charge in [-0.05, 0) is 49.7 Å². The van der Waals surface area contributed by atoms with Gasteiger partial charge in [-0.3, -0.25) is 0 Å². The third-order valence-electron chi connectivity index (χ3n) is 3.73. The molecule has 0 bridgehead atoms. The average Bonchev–Trinajstić information content (AvgIpc) is 3.38. The molecule has 1 aromatic carbocycles. The molecule has 1 aromatic heterocycles. The van der Waals surface area contributed by atoms with E-state index >= 15 is 0 Å². The normalized spacial score (nSPS) is 15.6. The molecule has 0 amide bonds. The van der Waals surface area contributed by atoms with Crippen molar-refractivity contribution in [1.82, 2.24) is 9.97 Å². The molecule has 0 spiro atoms. The molecule has 1 aliphatic carbocycles. The van der Waals surface area contributed by atoms with Gasteiger partial charge in [-0.1, -0.05) is 6.07 Å². The van der Waals surface area contributed by atoms with E-state index in [-0.39, 0.29) is 29.3 Å². The van der Waals surface area contributed by atoms with Crippen LogP contribution in [0.25, 0.3) is 0 Å². The van der Waals surface area contributed by atoms with Gasteiger partial charge in [0.2, 0.25) is 5.95 Å². The number of aromatic nitrogens is 2. The van der Waals surface area contributed by atoms with Crippen LogP contribution >= 0.6 is 11.8 Å². The number of anilines is 3. The van der Waals surface area contributed by atoms with Crippen molar-refractivity contribution in [2.45, 2.75) is 42.1 Å². The maximum atomic E-state index is 12.5. The van der Waals surface area contributed by atoms with Crippen molar-refractivity contribution < 1.29 is 18.3 Å². The van der Waals surface area contributed by atoms with Gasteiger partial charge in [0, 0.05) is 28.6 Å². The van der Waals surface area contributed by atoms with Crippen molar-refractivity contribution in [3.05, 3.63) is 36.0 Å². The van der Waals surface area contributed by atoms with Crippen LogP contribution in [0.4, 0.5) is 30.6 Å². The van der Waals surface area contributed by atoms with Gasteiger partial charge < -0.3 is 15.7 Å². The summed E-state index contributed by atoms with van der Waals surface area (Å²) in [6.07, 6.45) is 2.12. The predicted octanol–water partition coefficient (Wildman–Crippen LogP) is 4.50. The maximum absolute atomic E-state index is 12.5. The molecule has 9 heteroatoms. The molecule has 1 saturated carbocycles. The smallest absolute Gasteiger partial charge is 0.394 e. The highest BCUT2D eigenvalue weighted by Gasteiger charge is 2.29. The van der Waals surface area contributed by atoms with Gasteiger partial charge in [0.1, 0.15) is 5.82 Å². The third-order valence-corrected chi connectivity index (χ3v) is 4.45. The third kappa shape index (κ3) is 5.50. The zero-order chi connectivity index (χ0) is 18.7. The second-order valence-electron chi connectivity index (χ2n) is 6.20. The van der Waals surface area contributed by atoms with Crippen molar-refractivity contribution in [2.75, 3.05) is 17.2 Å². The summed E-state index contributed by atoms with van der Waals surface area (Å²) in [5.41, 5.74) is -2.93. The summed E-state index contributed by atoms with van der Waals surface area (Å²) in [5.74, 6) is 1.28. The fourth-order valence-corrected chi connectivity index (χ4v) is 2.97. The number of nitrogens with zero attached hydrogens (tertiary/aromatic N) is 2. The van der Waals surface area contributed by atoms with E-state index in [1.54, 1.807) is 19.1 Å². The molecule has 1 atom stereocenters. The summed E-state index contributed by atoms with van der Waals surface area (Å²) in [6, 6.07) is 7.70. The number of thioether (sulfide) groups is 1. The Labute approximate surface area is 153 Å². The standard InChI is InChI=1S/C17H19F3N4OS/c1-10(9-25)21-16-23-14(11-5-6-11)8-15(24-16)22-12-3-2-4-13(7-12)26-17(18,19)20/h2-4,7-8,10-11,25H,5-6,9H2,1H3,(H2,21,22,23,24)/t10-/m1/s1. The van der Waals surface area contributed by atoms with E-state index in [0.29, 0.717) is 23.4 Å². The molecule has 0 aliphatic heterocycles. The lowest BCUT2D eigenvalue weighted by molar-refractivity contribution is -0.0328. The topological polar surface area (TPSA) is 70.1 Å². The predicted molar refractivity (Wildman–Crippen MR) is 95.8 cm³/mol. The lowest BCUT2D eigenvalue weighted by atomic mass is 10.2. The summed E-state index contributed by atoms with van der Waals surface area (Å²) in [4.78, 5) is 8.93. The Morgan fingerprint density at radius 2 is 2.04 bits per heavy atom. The first-order chi connectivity index (χ1) is 12.3. The molecule has 1 fully saturated rings. The van der Waals surface area contributed by atoms with Crippen LogP contribution in [0.1, 0.15) is 31.4 Å². The maximum Gasteiger partial charge on any atom is 0.446 e. The molecular weight excluding hydrogens is 365 g/mol. The minimum atomic E-state index is -4.33. The van der Waals surface area contributed by atoms with Crippen LogP contribution in [-0.2, 0) is 0 Å². The summed E-state index contributed by atoms with van der Waals surface area (Å²) in [7, 11) is 0. The summed E-state index contributed by atoms with van der Waals surface area (Å²) < 4.78 is 37.6. The lowest BCUT2D eigenvalue weighted by Crippen LogP contribution is -2.21. The fraction of sp³-hybridized carbons (Fsp3) is 0.412. The highest BCUT2D eigenvalue weighted by molar-refractivity contribution is 8.00. The molecule has 26 heavy (non-hydrogen) atoms. The Hall–Kier alpha value is -2.00. The van der Waals surface area contributed by atoms with E-state index in [1.807, 2.05) is 6.07 Å². The number of hydrogen-bond donors (Lipinski definition) is 3. The van der Waals surface area contributed by atoms with Crippen molar-refractivity contribution in [2.24, 2.45) is 0 Å². The number of nitrogens with one attached hydrogen (secondary N) is 2. The van der Waals surface area contributed by atoms with E-state index in [1.165, 1.54) is 12.1 Å². The number of benzene rings is 1. The van der Waals surface area contributed by atoms with Gasteiger partial charge in [0.25, 0.3) is 0 Å². The van der Waals surface area contributed by atoms with Gasteiger partial charge in [-0.15, -0.1) is 0 Å². The van der Waals surface area contributed by atoms with Gasteiger partial charge in [0.15, 0.2) is 0 Å². The van der Waals surface area contributed by atoms with Crippen LogP contribution in [-0.4, -0.2) is 33.2 Å². The van der Waals surface area contributed by atoms with Crippen LogP contribution in [0.3, 0.4) is 0 Å². The number of hydrogen-bond acceptors (Lipinski definition) is 6. The van der Waals surface area contributed by atoms with Crippen LogP contribution in [0.15, 0.2) is 35.2 Å². The zero-order valence-corrected chi connectivity index (χ0v) is 14.9. The number of alkyl halides is 3. The Morgan fingerprint density at radius 1 is 1.27 bits per heavy atom. The highest BCUT2D eigenvalue weighted by Crippen LogP contribution is 2.40. The molecule has 140 valence electrons. The second kappa shape index (κ2) is 7.71. The Kier molecular flexibility index (Phi) is 5.57. The lowest BCUT2D eigenvalue weighted by Gasteiger charge is -2.14. The Balaban J connectivity index is 1.81. The van der Waals surface area contributed by atoms with Gasteiger partial charge in [-0.2, -0.15) is 18.2 Å². The zero-order valence-electron chi connectivity index (χ0n) is 14.0. The van der Waals surface area contributed by atoms with Crippen molar-refractivity contribution >= 4 is 29.2 Å². The molecule has 0 unspecified atom stereocenters. The highest BCUT2D eigenvalue weighted by atomic mass is 32.2. The molecule has 0 radical (unpaired) electrons. The van der Waals surface area contributed by atoms with Gasteiger partial charge in [-0.25, -0.2) is 4.98 Å². The van der Waals surface area contributed by atoms with E-state index in [4.69, 9.17) is 0 Å². The number of rotatable bonds is 7. The van der Waals surface area contributed by atoms with Gasteiger partial charge >= 0.3 is 5.51 Å². The summed E-state index contributed by atoms with van der Waals surface area (Å²) in [5, 5.41) is 15.3. The Bertz CT molecular complexity index is 768. The van der Waals surface area contributed by atoms with Crippen molar-refractivity contribution in [1.29, 1.82) is 0 Å². The largest absolute Gasteiger partial charge is 0.446 e. The van der Waals surface area contributed by atoms with Crippen LogP contribution < -0.4 is 10.6 Å². The number of halogens is 3. The van der Waals surface area contributed by atoms with Gasteiger partial charge in [0.05, 0.1) is 12.3 Å². The average molecular weight is 384 g/mol. The summed E-state index contributed by atoms with van der Waals surface area (Å²) in [6.45, 7) is 1.74. The van der Waals surface area contributed by atoms with Crippen LogP contribution in [0.2, 0.25) is 0 Å². The SMILES string of the molecule is C[C@H](CO)Nc1nc(Nc2cccc(SC(F)(F)F)c2)cc(C2CC2)n1. The van der Waals surface area contributed by atoms with E-state index < -0.39 is 5.51 Å². The summed E-state index contributed by atoms with van der Waals surface area (Å²) >= 11 is -0.155. The molecule has 1 heterocycles. The van der Waals surface area contributed by atoms with Crippen LogP contribution in [0, 0.1) is 0 Å². The van der Waals surface area contributed by atoms with Crippen molar-refractivity contribution in [3.63, 3.8) is 0 Å². The number of aliphatic hydroxyl groups is 1. The first-order valence-corrected chi connectivity index (χ1v) is 9.03. The van der Waals surface area contributed by atoms with E-state index in [2.05, 4.69) is 20.6 Å². The minimum absolute atomic E-state index is 0.0590. The number of aliphatic hydroxyl groups excluding tert-OH is 1. The minimum Gasteiger partial charge on any atom is -0.394 e. The molecule has 3 rings (SSSR count). The molecular formula is C17H19F3N4OS. The van der Waals surface area contributed by atoms with Crippen molar-refractivity contribution in [3.8, 4) is 0 Å². The molecule has 2 aromatic rings. The molecule has 5 nitrogen and oxygen atoms in total. The fourth-order valence-electron chi connectivity index (χ4n) is 2.37. The second-order valence-corrected chi connectivity index (χ2v) is 7.34. The monoisotopic (exact) mass is 384 g/mol. The first kappa shape index (κ1) is 18.8. The van der Waals surface area contributed by atoms with Crippen LogP contribution in [0.5, 0.6) is 0 Å². The van der Waals surface area contributed by atoms with E-state index in [0.717, 1.165) is 18.5 Å². The molecule has 3 N–H and O–H groups in total.